The Morgan fingerprint density at radius 1 is 0.551 bits per heavy atom. The number of carbonyl (C=O) groups excluding carboxylic acids is 5. The van der Waals surface area contributed by atoms with Gasteiger partial charge < -0.3 is 40.7 Å². The van der Waals surface area contributed by atoms with Crippen LogP contribution in [0.5, 0.6) is 0 Å². The summed E-state index contributed by atoms with van der Waals surface area (Å²) in [5.74, 6) is -0.268. The molecule has 5 amide bonds. The van der Waals surface area contributed by atoms with E-state index in [4.69, 9.17) is 4.74 Å². The van der Waals surface area contributed by atoms with Crippen molar-refractivity contribution in [3.63, 3.8) is 0 Å². The highest BCUT2D eigenvalue weighted by atomic mass is 19.4. The van der Waals surface area contributed by atoms with Gasteiger partial charge in [-0.15, -0.1) is 0 Å². The van der Waals surface area contributed by atoms with Crippen molar-refractivity contribution in [3.05, 3.63) is 142 Å². The van der Waals surface area contributed by atoms with Crippen LogP contribution in [0.3, 0.4) is 0 Å². The van der Waals surface area contributed by atoms with Gasteiger partial charge >= 0.3 is 12.4 Å². The minimum absolute atomic E-state index is 0.0720. The van der Waals surface area contributed by atoms with Crippen molar-refractivity contribution in [2.45, 2.75) is 89.4 Å². The maximum absolute atomic E-state index is 12.5. The summed E-state index contributed by atoms with van der Waals surface area (Å²) in [5, 5.41) is 10.4. The number of alkyl halides is 6. The molecule has 4 aromatic carbocycles. The van der Waals surface area contributed by atoms with Crippen LogP contribution in [0.4, 0.5) is 35.1 Å². The van der Waals surface area contributed by atoms with Crippen LogP contribution in [-0.2, 0) is 31.5 Å². The Morgan fingerprint density at radius 2 is 0.936 bits per heavy atom. The molecule has 8 rings (SSSR count). The van der Waals surface area contributed by atoms with Crippen molar-refractivity contribution in [1.82, 2.24) is 36.0 Å². The Balaban J connectivity index is 0.000000265. The molecule has 2 heterocycles. The SMILES string of the molecule is CCCC(=O)NC.CCCCNC.CN1CCN(C(=O)CNC(=O)c2ccc(C(F)(F)F)cc2)CC1.Fc1ccc(C2CC2)cc1.Fc1ccc(C2CC2)cc1.O=C(NCC(=O)N1CCOCC1)c1ccc(C(F)(F)F)cc1. The molecule has 13 nitrogen and oxygen atoms in total. The first-order valence-corrected chi connectivity index (χ1v) is 26.2. The number of hydrogen-bond donors (Lipinski definition) is 4. The Labute approximate surface area is 452 Å². The second-order valence-electron chi connectivity index (χ2n) is 18.7. The second-order valence-corrected chi connectivity index (χ2v) is 18.7. The summed E-state index contributed by atoms with van der Waals surface area (Å²) in [6.07, 6.45) is 0.426. The van der Waals surface area contributed by atoms with Gasteiger partial charge in [-0.3, -0.25) is 24.0 Å². The van der Waals surface area contributed by atoms with Crippen molar-refractivity contribution >= 4 is 29.5 Å². The second kappa shape index (κ2) is 34.4. The number of nitrogens with zero attached hydrogens (tertiary/aromatic N) is 3. The lowest BCUT2D eigenvalue weighted by atomic mass is 10.1. The number of benzene rings is 4. The lowest BCUT2D eigenvalue weighted by molar-refractivity contribution is -0.138. The number of amides is 5. The van der Waals surface area contributed by atoms with E-state index in [-0.39, 0.29) is 53.6 Å². The van der Waals surface area contributed by atoms with Gasteiger partial charge in [-0.2, -0.15) is 26.3 Å². The fraction of sp³-hybridized carbons (Fsp3) is 0.491. The van der Waals surface area contributed by atoms with Gasteiger partial charge in [-0.1, -0.05) is 44.5 Å². The minimum atomic E-state index is -4.44. The zero-order valence-electron chi connectivity index (χ0n) is 45.1. The highest BCUT2D eigenvalue weighted by molar-refractivity contribution is 5.97. The summed E-state index contributed by atoms with van der Waals surface area (Å²) in [5.41, 5.74) is 1.10. The van der Waals surface area contributed by atoms with Gasteiger partial charge in [0.1, 0.15) is 11.6 Å². The van der Waals surface area contributed by atoms with Crippen molar-refractivity contribution < 1.29 is 63.8 Å². The van der Waals surface area contributed by atoms with Crippen molar-refractivity contribution in [1.29, 1.82) is 0 Å². The molecule has 21 heteroatoms. The molecule has 0 spiro atoms. The number of ether oxygens (including phenoxy) is 1. The van der Waals surface area contributed by atoms with E-state index in [1.54, 1.807) is 16.8 Å². The van der Waals surface area contributed by atoms with E-state index in [9.17, 15) is 59.1 Å². The Kier molecular flexibility index (Phi) is 29.1. The van der Waals surface area contributed by atoms with Crippen LogP contribution in [0.2, 0.25) is 0 Å². The van der Waals surface area contributed by atoms with Crippen molar-refractivity contribution in [3.8, 4) is 0 Å². The molecule has 0 unspecified atom stereocenters. The van der Waals surface area contributed by atoms with E-state index in [0.717, 1.165) is 86.4 Å². The maximum Gasteiger partial charge on any atom is 0.416 e. The number of rotatable bonds is 13. The largest absolute Gasteiger partial charge is 0.416 e. The Bertz CT molecular complexity index is 2330. The van der Waals surface area contributed by atoms with Crippen LogP contribution < -0.4 is 21.3 Å². The first kappa shape index (κ1) is 65.8. The molecular formula is C57H75F8N7O6. The maximum atomic E-state index is 12.5. The zero-order valence-corrected chi connectivity index (χ0v) is 45.1. The first-order chi connectivity index (χ1) is 37.1. The van der Waals surface area contributed by atoms with Gasteiger partial charge in [-0.05, 0) is 155 Å². The van der Waals surface area contributed by atoms with Crippen LogP contribution in [0.1, 0.15) is 120 Å². The standard InChI is InChI=1S/C15H18F3N3O2.C14H15F3N2O3.2C9H9F.C5H11NO.C5H13N/c1-20-6-8-21(9-7-20)13(22)10-19-14(23)11-2-4-12(5-3-11)15(16,17)18;15-14(16,17)11-3-1-10(2-4-11)13(21)18-9-12(20)19-5-7-22-8-6-19;2*10-9-5-3-8(4-6-9)7-1-2-7;1-3-4-5(7)6-2;1-3-4-5-6-2/h2-5H,6-10H2,1H3,(H,19,23);1-4H,5-9H2,(H,18,21);2*3-7H,1-2H2;3-4H2,1-2H3,(H,6,7);6H,3-5H2,1-2H3. The number of likely N-dealkylation sites (N-methyl/N-ethyl adjacent to an activating group) is 1. The van der Waals surface area contributed by atoms with Gasteiger partial charge in [0.2, 0.25) is 17.7 Å². The molecule has 0 atom stereocenters. The molecule has 0 bridgehead atoms. The van der Waals surface area contributed by atoms with Crippen LogP contribution >= 0.6 is 0 Å². The number of carbonyl (C=O) groups is 5. The highest BCUT2D eigenvalue weighted by Gasteiger charge is 2.31. The highest BCUT2D eigenvalue weighted by Crippen LogP contribution is 2.40. The molecule has 2 saturated carbocycles. The Hall–Kier alpha value is -6.45. The third-order valence-electron chi connectivity index (χ3n) is 12.3. The molecule has 4 fully saturated rings. The first-order valence-electron chi connectivity index (χ1n) is 26.2. The molecule has 2 saturated heterocycles. The van der Waals surface area contributed by atoms with Gasteiger partial charge in [0.05, 0.1) is 37.4 Å². The van der Waals surface area contributed by atoms with E-state index in [1.807, 2.05) is 45.3 Å². The number of unbranched alkanes of at least 4 members (excludes halogenated alkanes) is 1. The normalized spacial score (nSPS) is 15.0. The van der Waals surface area contributed by atoms with Gasteiger partial charge in [0.25, 0.3) is 11.8 Å². The van der Waals surface area contributed by atoms with Crippen LogP contribution in [0.25, 0.3) is 0 Å². The lowest BCUT2D eigenvalue weighted by Crippen LogP contribution is -2.50. The monoisotopic (exact) mass is 1110 g/mol. The average molecular weight is 1110 g/mol. The molecule has 78 heavy (non-hydrogen) atoms. The number of morpholine rings is 1. The van der Waals surface area contributed by atoms with E-state index in [0.29, 0.717) is 45.8 Å². The molecule has 2 aliphatic carbocycles. The summed E-state index contributed by atoms with van der Waals surface area (Å²) in [4.78, 5) is 63.1. The molecular weight excluding hydrogens is 1030 g/mol. The summed E-state index contributed by atoms with van der Waals surface area (Å²) >= 11 is 0. The average Bonchev–Trinajstić information content (AvgIpc) is 4.40. The third kappa shape index (κ3) is 26.3. The van der Waals surface area contributed by atoms with E-state index >= 15 is 0 Å². The van der Waals surface area contributed by atoms with Crippen LogP contribution in [0, 0.1) is 11.6 Å². The Morgan fingerprint density at radius 3 is 1.23 bits per heavy atom. The molecule has 4 aliphatic rings. The van der Waals surface area contributed by atoms with Crippen molar-refractivity contribution in [2.75, 3.05) is 93.3 Å². The van der Waals surface area contributed by atoms with E-state index in [1.165, 1.54) is 73.9 Å². The number of piperazine rings is 1. The number of hydrogen-bond acceptors (Lipinski definition) is 8. The van der Waals surface area contributed by atoms with Crippen LogP contribution in [-0.4, -0.2) is 137 Å². The zero-order chi connectivity index (χ0) is 57.7. The predicted octanol–water partition coefficient (Wildman–Crippen LogP) is 9.45. The van der Waals surface area contributed by atoms with Gasteiger partial charge in [0, 0.05) is 63.9 Å². The molecule has 4 aromatic rings. The minimum Gasteiger partial charge on any atom is -0.378 e. The molecule has 0 radical (unpaired) electrons. The smallest absolute Gasteiger partial charge is 0.378 e. The summed E-state index contributed by atoms with van der Waals surface area (Å²) in [6.45, 7) is 9.59. The van der Waals surface area contributed by atoms with Gasteiger partial charge in [-0.25, -0.2) is 8.78 Å². The topological polar surface area (TPSA) is 152 Å². The van der Waals surface area contributed by atoms with E-state index < -0.39 is 35.3 Å². The lowest BCUT2D eigenvalue weighted by Gasteiger charge is -2.32. The van der Waals surface area contributed by atoms with Crippen LogP contribution in [0.15, 0.2) is 97.1 Å². The molecule has 430 valence electrons. The fourth-order valence-corrected chi connectivity index (χ4v) is 7.24. The molecule has 0 aromatic heterocycles. The summed E-state index contributed by atoms with van der Waals surface area (Å²) in [6, 6.07) is 21.4. The quantitative estimate of drug-likeness (QED) is 0.0764. The van der Waals surface area contributed by atoms with Gasteiger partial charge in [0.15, 0.2) is 0 Å². The van der Waals surface area contributed by atoms with Crippen molar-refractivity contribution in [2.24, 2.45) is 0 Å². The van der Waals surface area contributed by atoms with E-state index in [2.05, 4.69) is 33.1 Å². The number of nitrogens with one attached hydrogen (secondary N) is 4. The molecule has 4 N–H and O–H groups in total. The number of halogens is 8. The fourth-order valence-electron chi connectivity index (χ4n) is 7.24. The summed E-state index contributed by atoms with van der Waals surface area (Å²) < 4.78 is 104. The summed E-state index contributed by atoms with van der Waals surface area (Å²) in [7, 11) is 5.60. The predicted molar refractivity (Wildman–Crippen MR) is 284 cm³/mol. The third-order valence-corrected chi connectivity index (χ3v) is 12.3. The molecule has 2 aliphatic heterocycles.